The number of hydrogen-bond donors (Lipinski definition) is 1. The number of benzene rings is 1. The molecule has 0 spiro atoms. The molecular weight excluding hydrogens is 294 g/mol. The van der Waals surface area contributed by atoms with E-state index >= 15 is 0 Å². The van der Waals surface area contributed by atoms with Gasteiger partial charge in [0.05, 0.1) is 17.5 Å². The number of nitrogens with zero attached hydrogens (tertiary/aromatic N) is 1. The van der Waals surface area contributed by atoms with Crippen molar-refractivity contribution in [2.24, 2.45) is 0 Å². The number of anilines is 1. The van der Waals surface area contributed by atoms with E-state index in [9.17, 15) is 9.59 Å². The van der Waals surface area contributed by atoms with Gasteiger partial charge in [0.25, 0.3) is 0 Å². The molecule has 1 N–H and O–H groups in total. The summed E-state index contributed by atoms with van der Waals surface area (Å²) in [4.78, 5) is 25.6. The van der Waals surface area contributed by atoms with Crippen LogP contribution in [0.15, 0.2) is 18.2 Å². The first-order valence-corrected chi connectivity index (χ1v) is 7.74. The summed E-state index contributed by atoms with van der Waals surface area (Å²) in [6.45, 7) is 0.938. The third-order valence-corrected chi connectivity index (χ3v) is 4.49. The molecule has 1 fully saturated rings. The standard InChI is InChI=1S/C14H15NO5S/c16-3-6-21-12-8-13(17)15(14(12)18)9-1-2-10-11(7-9)20-5-4-19-10/h1-2,7,12,16H,3-6,8H2/t12-/m1/s1. The summed E-state index contributed by atoms with van der Waals surface area (Å²) < 4.78 is 10.9. The molecule has 2 aliphatic heterocycles. The summed E-state index contributed by atoms with van der Waals surface area (Å²) in [5, 5.41) is 8.41. The number of carbonyl (C=O) groups is 2. The Hall–Kier alpha value is -1.73. The average molecular weight is 309 g/mol. The largest absolute Gasteiger partial charge is 0.486 e. The topological polar surface area (TPSA) is 76.1 Å². The summed E-state index contributed by atoms with van der Waals surface area (Å²) in [5.41, 5.74) is 0.501. The molecular formula is C14H15NO5S. The van der Waals surface area contributed by atoms with E-state index in [4.69, 9.17) is 14.6 Å². The van der Waals surface area contributed by atoms with Crippen molar-refractivity contribution in [2.45, 2.75) is 11.7 Å². The normalized spacial score (nSPS) is 21.0. The van der Waals surface area contributed by atoms with Gasteiger partial charge in [0.1, 0.15) is 13.2 Å². The van der Waals surface area contributed by atoms with Crippen LogP contribution in [0.1, 0.15) is 6.42 Å². The Kier molecular flexibility index (Phi) is 4.03. The molecule has 2 aliphatic rings. The van der Waals surface area contributed by atoms with Crippen LogP contribution in [-0.4, -0.2) is 47.7 Å². The van der Waals surface area contributed by atoms with Crippen LogP contribution in [0.5, 0.6) is 11.5 Å². The summed E-state index contributed by atoms with van der Waals surface area (Å²) in [5.74, 6) is 1.14. The second-order valence-corrected chi connectivity index (χ2v) is 5.99. The molecule has 2 amide bonds. The van der Waals surface area contributed by atoms with Gasteiger partial charge in [-0.1, -0.05) is 0 Å². The van der Waals surface area contributed by atoms with Crippen LogP contribution in [0.4, 0.5) is 5.69 Å². The third-order valence-electron chi connectivity index (χ3n) is 3.30. The number of aliphatic hydroxyl groups excluding tert-OH is 1. The van der Waals surface area contributed by atoms with Gasteiger partial charge in [-0.2, -0.15) is 0 Å². The van der Waals surface area contributed by atoms with Crippen molar-refractivity contribution in [1.29, 1.82) is 0 Å². The van der Waals surface area contributed by atoms with Gasteiger partial charge in [-0.05, 0) is 12.1 Å². The Bertz CT molecular complexity index is 576. The number of amides is 2. The Morgan fingerprint density at radius 2 is 2.00 bits per heavy atom. The lowest BCUT2D eigenvalue weighted by Gasteiger charge is -2.21. The highest BCUT2D eigenvalue weighted by Crippen LogP contribution is 2.36. The molecule has 21 heavy (non-hydrogen) atoms. The van der Waals surface area contributed by atoms with Gasteiger partial charge >= 0.3 is 0 Å². The summed E-state index contributed by atoms with van der Waals surface area (Å²) >= 11 is 1.31. The fourth-order valence-electron chi connectivity index (χ4n) is 2.37. The summed E-state index contributed by atoms with van der Waals surface area (Å²) in [6, 6.07) is 5.05. The van der Waals surface area contributed by atoms with Crippen molar-refractivity contribution in [2.75, 3.05) is 30.5 Å². The first kappa shape index (κ1) is 14.2. The third kappa shape index (κ3) is 2.71. The fourth-order valence-corrected chi connectivity index (χ4v) is 3.27. The molecule has 1 saturated heterocycles. The van der Waals surface area contributed by atoms with Gasteiger partial charge in [0, 0.05) is 18.2 Å². The molecule has 1 aromatic rings. The highest BCUT2D eigenvalue weighted by Gasteiger charge is 2.40. The predicted octanol–water partition coefficient (Wildman–Crippen LogP) is 0.815. The van der Waals surface area contributed by atoms with Crippen molar-refractivity contribution in [3.63, 3.8) is 0 Å². The van der Waals surface area contributed by atoms with E-state index in [-0.39, 0.29) is 24.8 Å². The minimum absolute atomic E-state index is 0.00728. The summed E-state index contributed by atoms with van der Waals surface area (Å²) in [6.07, 6.45) is 0.165. The fraction of sp³-hybridized carbons (Fsp3) is 0.429. The minimum atomic E-state index is -0.419. The maximum atomic E-state index is 12.3. The molecule has 0 saturated carbocycles. The van der Waals surface area contributed by atoms with E-state index in [0.717, 1.165) is 0 Å². The molecule has 2 heterocycles. The lowest BCUT2D eigenvalue weighted by atomic mass is 10.2. The zero-order valence-electron chi connectivity index (χ0n) is 11.3. The zero-order valence-corrected chi connectivity index (χ0v) is 12.1. The van der Waals surface area contributed by atoms with Crippen LogP contribution >= 0.6 is 11.8 Å². The molecule has 1 aromatic carbocycles. The number of imide groups is 1. The van der Waals surface area contributed by atoms with Crippen LogP contribution in [-0.2, 0) is 9.59 Å². The Labute approximate surface area is 126 Å². The maximum absolute atomic E-state index is 12.3. The molecule has 6 nitrogen and oxygen atoms in total. The van der Waals surface area contributed by atoms with E-state index in [0.29, 0.717) is 36.2 Å². The van der Waals surface area contributed by atoms with Gasteiger partial charge in [-0.15, -0.1) is 11.8 Å². The highest BCUT2D eigenvalue weighted by atomic mass is 32.2. The van der Waals surface area contributed by atoms with Crippen molar-refractivity contribution >= 4 is 29.3 Å². The van der Waals surface area contributed by atoms with Crippen molar-refractivity contribution < 1.29 is 24.2 Å². The van der Waals surface area contributed by atoms with Crippen molar-refractivity contribution in [3.8, 4) is 11.5 Å². The lowest BCUT2D eigenvalue weighted by molar-refractivity contribution is -0.121. The van der Waals surface area contributed by atoms with E-state index < -0.39 is 5.25 Å². The van der Waals surface area contributed by atoms with Crippen molar-refractivity contribution in [3.05, 3.63) is 18.2 Å². The number of rotatable bonds is 4. The number of thioether (sulfide) groups is 1. The molecule has 0 bridgehead atoms. The number of fused-ring (bicyclic) bond motifs is 1. The lowest BCUT2D eigenvalue weighted by Crippen LogP contribution is -2.31. The highest BCUT2D eigenvalue weighted by molar-refractivity contribution is 8.00. The smallest absolute Gasteiger partial charge is 0.247 e. The first-order valence-electron chi connectivity index (χ1n) is 6.69. The Balaban J connectivity index is 1.83. The van der Waals surface area contributed by atoms with E-state index in [1.165, 1.54) is 16.7 Å². The SMILES string of the molecule is O=C1C[C@@H](SCCO)C(=O)N1c1ccc2c(c1)OCCO2. The van der Waals surface area contributed by atoms with Crippen LogP contribution < -0.4 is 14.4 Å². The second-order valence-electron chi connectivity index (χ2n) is 4.68. The number of carbonyl (C=O) groups excluding carboxylic acids is 2. The maximum Gasteiger partial charge on any atom is 0.247 e. The van der Waals surface area contributed by atoms with E-state index in [1.54, 1.807) is 18.2 Å². The van der Waals surface area contributed by atoms with Crippen LogP contribution in [0.3, 0.4) is 0 Å². The van der Waals surface area contributed by atoms with Crippen molar-refractivity contribution in [1.82, 2.24) is 0 Å². The van der Waals surface area contributed by atoms with Gasteiger partial charge in [0.2, 0.25) is 11.8 Å². The van der Waals surface area contributed by atoms with Crippen LogP contribution in [0.2, 0.25) is 0 Å². The Morgan fingerprint density at radius 1 is 1.24 bits per heavy atom. The van der Waals surface area contributed by atoms with Gasteiger partial charge < -0.3 is 14.6 Å². The molecule has 0 aliphatic carbocycles. The minimum Gasteiger partial charge on any atom is -0.486 e. The molecule has 1 atom stereocenters. The molecule has 3 rings (SSSR count). The van der Waals surface area contributed by atoms with Crippen LogP contribution in [0.25, 0.3) is 0 Å². The number of hydrogen-bond acceptors (Lipinski definition) is 6. The van der Waals surface area contributed by atoms with E-state index in [2.05, 4.69) is 0 Å². The molecule has 0 unspecified atom stereocenters. The van der Waals surface area contributed by atoms with Gasteiger partial charge in [-0.3, -0.25) is 9.59 Å². The summed E-state index contributed by atoms with van der Waals surface area (Å²) in [7, 11) is 0. The zero-order chi connectivity index (χ0) is 14.8. The predicted molar refractivity (Wildman–Crippen MR) is 77.9 cm³/mol. The quantitative estimate of drug-likeness (QED) is 0.830. The monoisotopic (exact) mass is 309 g/mol. The van der Waals surface area contributed by atoms with Gasteiger partial charge in [0.15, 0.2) is 11.5 Å². The first-order chi connectivity index (χ1) is 10.2. The molecule has 7 heteroatoms. The molecule has 112 valence electrons. The van der Waals surface area contributed by atoms with E-state index in [1.807, 2.05) is 0 Å². The molecule has 0 radical (unpaired) electrons. The van der Waals surface area contributed by atoms with Crippen LogP contribution in [0, 0.1) is 0 Å². The Morgan fingerprint density at radius 3 is 2.76 bits per heavy atom. The second kappa shape index (κ2) is 5.95. The van der Waals surface area contributed by atoms with Gasteiger partial charge in [-0.25, -0.2) is 4.90 Å². The number of aliphatic hydroxyl groups is 1. The molecule has 0 aromatic heterocycles. The number of ether oxygens (including phenoxy) is 2. The average Bonchev–Trinajstić information content (AvgIpc) is 2.79.